The van der Waals surface area contributed by atoms with E-state index in [1.807, 2.05) is 17.0 Å². The fraction of sp³-hybridized carbons (Fsp3) is 0.538. The molecule has 5 rings (SSSR count). The second-order valence-electron chi connectivity index (χ2n) is 9.40. The van der Waals surface area contributed by atoms with Crippen LogP contribution in [0.3, 0.4) is 0 Å². The van der Waals surface area contributed by atoms with E-state index in [9.17, 15) is 4.79 Å². The van der Waals surface area contributed by atoms with Crippen LogP contribution in [0.2, 0.25) is 0 Å². The average Bonchev–Trinajstić information content (AvgIpc) is 3.49. The lowest BCUT2D eigenvalue weighted by Gasteiger charge is -2.38. The van der Waals surface area contributed by atoms with Gasteiger partial charge in [-0.15, -0.1) is 0 Å². The zero-order valence-corrected chi connectivity index (χ0v) is 18.3. The van der Waals surface area contributed by atoms with Gasteiger partial charge >= 0.3 is 0 Å². The molecule has 5 heteroatoms. The quantitative estimate of drug-likeness (QED) is 0.718. The van der Waals surface area contributed by atoms with Crippen LogP contribution in [0.25, 0.3) is 0 Å². The molecule has 0 saturated carbocycles. The van der Waals surface area contributed by atoms with Crippen LogP contribution >= 0.6 is 0 Å². The van der Waals surface area contributed by atoms with Crippen LogP contribution in [0.5, 0.6) is 0 Å². The van der Waals surface area contributed by atoms with Crippen LogP contribution in [0, 0.1) is 5.92 Å². The minimum absolute atomic E-state index is 0.0947. The minimum atomic E-state index is 0.0947. The number of aromatic nitrogens is 1. The molecular weight excluding hydrogens is 386 g/mol. The first-order chi connectivity index (χ1) is 15.3. The first-order valence-electron chi connectivity index (χ1n) is 11.9. The van der Waals surface area contributed by atoms with E-state index >= 15 is 0 Å². The number of amides is 1. The molecular formula is C26H33N3O2. The first kappa shape index (κ1) is 20.7. The van der Waals surface area contributed by atoms with Gasteiger partial charge in [0.2, 0.25) is 0 Å². The van der Waals surface area contributed by atoms with E-state index in [0.717, 1.165) is 51.9 Å². The molecule has 2 aliphatic heterocycles. The van der Waals surface area contributed by atoms with Crippen LogP contribution in [0.1, 0.15) is 47.2 Å². The Morgan fingerprint density at radius 1 is 1.03 bits per heavy atom. The number of benzene rings is 1. The largest absolute Gasteiger partial charge is 0.376 e. The Morgan fingerprint density at radius 2 is 1.81 bits per heavy atom. The maximum Gasteiger partial charge on any atom is 0.255 e. The molecule has 0 radical (unpaired) electrons. The molecule has 1 amide bonds. The average molecular weight is 420 g/mol. The lowest BCUT2D eigenvalue weighted by Crippen LogP contribution is -2.46. The lowest BCUT2D eigenvalue weighted by molar-refractivity contribution is 0.0429. The van der Waals surface area contributed by atoms with Crippen molar-refractivity contribution in [1.82, 2.24) is 14.8 Å². The Hall–Kier alpha value is -2.24. The van der Waals surface area contributed by atoms with E-state index in [2.05, 4.69) is 34.1 Å². The van der Waals surface area contributed by atoms with E-state index in [1.54, 1.807) is 12.4 Å². The van der Waals surface area contributed by atoms with Crippen LogP contribution in [0.15, 0.2) is 48.8 Å². The summed E-state index contributed by atoms with van der Waals surface area (Å²) < 4.78 is 5.86. The second kappa shape index (κ2) is 9.49. The Labute approximate surface area is 185 Å². The van der Waals surface area contributed by atoms with Crippen LogP contribution in [-0.2, 0) is 17.6 Å². The lowest BCUT2D eigenvalue weighted by atomic mass is 9.94. The van der Waals surface area contributed by atoms with Crippen molar-refractivity contribution in [3.05, 3.63) is 65.5 Å². The number of carbonyl (C=O) groups excluding carboxylic acids is 1. The van der Waals surface area contributed by atoms with Crippen molar-refractivity contribution in [1.29, 1.82) is 0 Å². The number of pyridine rings is 1. The third-order valence-corrected chi connectivity index (χ3v) is 7.32. The molecule has 164 valence electrons. The van der Waals surface area contributed by atoms with Crippen molar-refractivity contribution in [3.63, 3.8) is 0 Å². The highest BCUT2D eigenvalue weighted by Crippen LogP contribution is 2.29. The number of hydrogen-bond acceptors (Lipinski definition) is 4. The third kappa shape index (κ3) is 4.83. The number of piperidine rings is 1. The maximum atomic E-state index is 13.2. The molecule has 0 bridgehead atoms. The summed E-state index contributed by atoms with van der Waals surface area (Å²) in [4.78, 5) is 22.1. The van der Waals surface area contributed by atoms with Gasteiger partial charge in [0.25, 0.3) is 5.91 Å². The molecule has 2 aromatic rings. The van der Waals surface area contributed by atoms with Crippen molar-refractivity contribution in [2.24, 2.45) is 5.92 Å². The standard InChI is InChI=1S/C26H33N3O2/c30-26(23-7-3-11-27-17-23)29(19-25-8-4-14-31-25)18-20-9-12-28(13-10-20)24-15-21-5-1-2-6-22(21)16-24/h1-3,5-7,11,17,20,24-25H,4,8-10,12-16,18-19H2/t25-/m1/s1. The summed E-state index contributed by atoms with van der Waals surface area (Å²) in [6, 6.07) is 13.3. The van der Waals surface area contributed by atoms with E-state index in [0.29, 0.717) is 24.1 Å². The monoisotopic (exact) mass is 419 g/mol. The van der Waals surface area contributed by atoms with Gasteiger partial charge in [0.1, 0.15) is 0 Å². The molecule has 2 fully saturated rings. The highest BCUT2D eigenvalue weighted by molar-refractivity contribution is 5.93. The molecule has 2 saturated heterocycles. The first-order valence-corrected chi connectivity index (χ1v) is 11.9. The smallest absolute Gasteiger partial charge is 0.255 e. The van der Waals surface area contributed by atoms with Crippen LogP contribution in [-0.4, -0.2) is 65.6 Å². The van der Waals surface area contributed by atoms with Gasteiger partial charge in [-0.3, -0.25) is 14.7 Å². The molecule has 5 nitrogen and oxygen atoms in total. The molecule has 1 aromatic carbocycles. The Kier molecular flexibility index (Phi) is 6.32. The molecule has 1 aliphatic carbocycles. The van der Waals surface area contributed by atoms with Gasteiger partial charge in [0, 0.05) is 38.1 Å². The van der Waals surface area contributed by atoms with Gasteiger partial charge in [0.15, 0.2) is 0 Å². The van der Waals surface area contributed by atoms with Gasteiger partial charge in [-0.2, -0.15) is 0 Å². The fourth-order valence-corrected chi connectivity index (χ4v) is 5.55. The molecule has 0 spiro atoms. The van der Waals surface area contributed by atoms with Gasteiger partial charge in [-0.05, 0) is 80.8 Å². The van der Waals surface area contributed by atoms with Crippen molar-refractivity contribution in [3.8, 4) is 0 Å². The second-order valence-corrected chi connectivity index (χ2v) is 9.40. The summed E-state index contributed by atoms with van der Waals surface area (Å²) in [6.45, 7) is 4.62. The summed E-state index contributed by atoms with van der Waals surface area (Å²) in [7, 11) is 0. The highest BCUT2D eigenvalue weighted by Gasteiger charge is 2.32. The Balaban J connectivity index is 1.19. The summed E-state index contributed by atoms with van der Waals surface area (Å²) in [5.74, 6) is 0.652. The van der Waals surface area contributed by atoms with Crippen molar-refractivity contribution in [2.45, 2.75) is 50.7 Å². The predicted molar refractivity (Wildman–Crippen MR) is 121 cm³/mol. The van der Waals surface area contributed by atoms with Crippen molar-refractivity contribution in [2.75, 3.05) is 32.8 Å². The summed E-state index contributed by atoms with van der Waals surface area (Å²) in [5, 5.41) is 0. The van der Waals surface area contributed by atoms with Crippen LogP contribution < -0.4 is 0 Å². The molecule has 0 unspecified atom stereocenters. The summed E-state index contributed by atoms with van der Waals surface area (Å²) in [6.07, 6.45) is 10.4. The number of ether oxygens (including phenoxy) is 1. The predicted octanol–water partition coefficient (Wildman–Crippen LogP) is 3.58. The SMILES string of the molecule is O=C(c1cccnc1)N(CC1CCN(C2Cc3ccccc3C2)CC1)C[C@H]1CCCO1. The number of fused-ring (bicyclic) bond motifs is 1. The normalized spacial score (nSPS) is 22.5. The molecule has 1 aromatic heterocycles. The van der Waals surface area contributed by atoms with Gasteiger partial charge in [-0.25, -0.2) is 0 Å². The highest BCUT2D eigenvalue weighted by atomic mass is 16.5. The summed E-state index contributed by atoms with van der Waals surface area (Å²) in [5.41, 5.74) is 3.74. The van der Waals surface area contributed by atoms with Gasteiger partial charge in [0.05, 0.1) is 11.7 Å². The number of carbonyl (C=O) groups is 1. The fourth-order valence-electron chi connectivity index (χ4n) is 5.55. The maximum absolute atomic E-state index is 13.2. The Morgan fingerprint density at radius 3 is 2.45 bits per heavy atom. The van der Waals surface area contributed by atoms with E-state index in [4.69, 9.17) is 4.74 Å². The number of nitrogens with zero attached hydrogens (tertiary/aromatic N) is 3. The molecule has 1 atom stereocenters. The molecule has 3 heterocycles. The zero-order valence-electron chi connectivity index (χ0n) is 18.3. The summed E-state index contributed by atoms with van der Waals surface area (Å²) >= 11 is 0. The zero-order chi connectivity index (χ0) is 21.0. The van der Waals surface area contributed by atoms with E-state index < -0.39 is 0 Å². The minimum Gasteiger partial charge on any atom is -0.376 e. The number of rotatable bonds is 6. The van der Waals surface area contributed by atoms with E-state index in [-0.39, 0.29) is 12.0 Å². The molecule has 0 N–H and O–H groups in total. The van der Waals surface area contributed by atoms with Gasteiger partial charge < -0.3 is 9.64 Å². The van der Waals surface area contributed by atoms with E-state index in [1.165, 1.54) is 24.0 Å². The molecule has 3 aliphatic rings. The van der Waals surface area contributed by atoms with Gasteiger partial charge in [-0.1, -0.05) is 24.3 Å². The van der Waals surface area contributed by atoms with Crippen LogP contribution in [0.4, 0.5) is 0 Å². The van der Waals surface area contributed by atoms with Crippen molar-refractivity contribution >= 4 is 5.91 Å². The number of likely N-dealkylation sites (tertiary alicyclic amines) is 1. The molecule has 31 heavy (non-hydrogen) atoms. The Bertz CT molecular complexity index is 848. The third-order valence-electron chi connectivity index (χ3n) is 7.32. The number of hydrogen-bond donors (Lipinski definition) is 0. The topological polar surface area (TPSA) is 45.7 Å². The van der Waals surface area contributed by atoms with Crippen molar-refractivity contribution < 1.29 is 9.53 Å².